The van der Waals surface area contributed by atoms with Gasteiger partial charge in [-0.25, -0.2) is 4.57 Å². The Kier molecular flexibility index (Phi) is 49.1. The molecule has 0 fully saturated rings. The molecule has 11 nitrogen and oxygen atoms in total. The minimum absolute atomic E-state index is 0.120. The highest BCUT2D eigenvalue weighted by molar-refractivity contribution is 7.47. The van der Waals surface area contributed by atoms with Gasteiger partial charge in [0.1, 0.15) is 12.7 Å². The number of ether oxygens (including phenoxy) is 3. The Balaban J connectivity index is 4.78. The number of carbonyl (C=O) groups is 3. The first kappa shape index (κ1) is 66.4. The number of esters is 3. The van der Waals surface area contributed by atoms with E-state index in [1.54, 1.807) is 0 Å². The third-order valence-corrected chi connectivity index (χ3v) is 11.9. The van der Waals surface area contributed by atoms with Crippen LogP contribution in [-0.4, -0.2) is 66.5 Å². The van der Waals surface area contributed by atoms with Crippen LogP contribution in [0.4, 0.5) is 0 Å². The number of phosphoric acid groups is 1. The van der Waals surface area contributed by atoms with Gasteiger partial charge in [0.2, 0.25) is 0 Å². The van der Waals surface area contributed by atoms with E-state index in [1.165, 1.54) is 19.3 Å². The molecule has 2 N–H and O–H groups in total. The maximum atomic E-state index is 12.9. The van der Waals surface area contributed by atoms with Gasteiger partial charge in [-0.3, -0.25) is 23.4 Å². The van der Waals surface area contributed by atoms with Gasteiger partial charge in [0.15, 0.2) is 6.10 Å². The number of hydrogen-bond donors (Lipinski definition) is 2. The summed E-state index contributed by atoms with van der Waals surface area (Å²) in [6, 6.07) is 0. The highest BCUT2D eigenvalue weighted by Gasteiger charge is 2.28. The molecule has 0 aromatic heterocycles. The Labute approximate surface area is 425 Å². The molecule has 0 amide bonds. The molecule has 70 heavy (non-hydrogen) atoms. The molecule has 12 heteroatoms. The molecule has 3 unspecified atom stereocenters. The first-order valence-corrected chi connectivity index (χ1v) is 28.6. The zero-order chi connectivity index (χ0) is 51.3. The summed E-state index contributed by atoms with van der Waals surface area (Å²) in [6.07, 6.45) is 59.5. The molecule has 0 aromatic carbocycles. The Morgan fingerprint density at radius 3 is 1.19 bits per heavy atom. The zero-order valence-electron chi connectivity index (χ0n) is 43.9. The summed E-state index contributed by atoms with van der Waals surface area (Å²) in [5.41, 5.74) is 0. The summed E-state index contributed by atoms with van der Waals surface area (Å²) < 4.78 is 39.4. The molecule has 0 spiro atoms. The summed E-state index contributed by atoms with van der Waals surface area (Å²) in [4.78, 5) is 48.4. The summed E-state index contributed by atoms with van der Waals surface area (Å²) in [5.74, 6) is -1.54. The van der Waals surface area contributed by atoms with Crippen LogP contribution < -0.4 is 0 Å². The largest absolute Gasteiger partial charge is 0.472 e. The van der Waals surface area contributed by atoms with E-state index in [9.17, 15) is 28.9 Å². The van der Waals surface area contributed by atoms with Crippen molar-refractivity contribution < 1.29 is 52.2 Å². The van der Waals surface area contributed by atoms with Gasteiger partial charge < -0.3 is 24.2 Å². The van der Waals surface area contributed by atoms with Gasteiger partial charge in [0.25, 0.3) is 0 Å². The second-order valence-electron chi connectivity index (χ2n) is 17.6. The van der Waals surface area contributed by atoms with Gasteiger partial charge in [-0.2, -0.15) is 0 Å². The predicted molar refractivity (Wildman–Crippen MR) is 288 cm³/mol. The molecule has 0 aliphatic rings. The fourth-order valence-electron chi connectivity index (χ4n) is 6.87. The lowest BCUT2D eigenvalue weighted by atomic mass is 10.1. The molecule has 0 heterocycles. The van der Waals surface area contributed by atoms with E-state index < -0.39 is 57.8 Å². The van der Waals surface area contributed by atoms with Gasteiger partial charge in [-0.05, 0) is 109 Å². The van der Waals surface area contributed by atoms with Gasteiger partial charge in [0, 0.05) is 19.3 Å². The Bertz CT molecular complexity index is 1540. The third-order valence-electron chi connectivity index (χ3n) is 11.0. The van der Waals surface area contributed by atoms with Crippen molar-refractivity contribution in [3.63, 3.8) is 0 Å². The maximum Gasteiger partial charge on any atom is 0.472 e. The van der Waals surface area contributed by atoms with Gasteiger partial charge in [-0.1, -0.05) is 182 Å². The number of rotatable bonds is 49. The van der Waals surface area contributed by atoms with Crippen LogP contribution in [0.1, 0.15) is 213 Å². The quantitative estimate of drug-likeness (QED) is 0.0197. The molecule has 0 aromatic rings. The number of carbonyl (C=O) groups excluding carboxylic acids is 3. The minimum atomic E-state index is -4.76. The highest BCUT2D eigenvalue weighted by Crippen LogP contribution is 2.43. The lowest BCUT2D eigenvalue weighted by Crippen LogP contribution is -2.30. The van der Waals surface area contributed by atoms with Crippen molar-refractivity contribution in [3.8, 4) is 0 Å². The van der Waals surface area contributed by atoms with Crippen molar-refractivity contribution in [3.05, 3.63) is 97.2 Å². The van der Waals surface area contributed by atoms with Crippen molar-refractivity contribution in [1.82, 2.24) is 0 Å². The number of allylic oxidation sites excluding steroid dienone is 16. The zero-order valence-corrected chi connectivity index (χ0v) is 44.8. The minimum Gasteiger partial charge on any atom is -0.462 e. The van der Waals surface area contributed by atoms with E-state index in [4.69, 9.17) is 23.3 Å². The van der Waals surface area contributed by atoms with Crippen LogP contribution in [0.25, 0.3) is 0 Å². The Morgan fingerprint density at radius 2 is 0.743 bits per heavy atom. The number of phosphoric ester groups is 1. The Morgan fingerprint density at radius 1 is 0.414 bits per heavy atom. The smallest absolute Gasteiger partial charge is 0.462 e. The van der Waals surface area contributed by atoms with Crippen LogP contribution in [-0.2, 0) is 42.2 Å². The molecule has 3 atom stereocenters. The van der Waals surface area contributed by atoms with Gasteiger partial charge in [-0.15, -0.1) is 0 Å². The molecule has 0 radical (unpaired) electrons. The van der Waals surface area contributed by atoms with Crippen LogP contribution in [0.15, 0.2) is 97.2 Å². The van der Waals surface area contributed by atoms with Crippen molar-refractivity contribution in [1.29, 1.82) is 0 Å². The van der Waals surface area contributed by atoms with E-state index in [0.29, 0.717) is 19.3 Å². The van der Waals surface area contributed by atoms with Crippen LogP contribution in [0, 0.1) is 0 Å². The van der Waals surface area contributed by atoms with E-state index in [2.05, 4.69) is 118 Å². The van der Waals surface area contributed by atoms with E-state index in [1.807, 2.05) is 0 Å². The second-order valence-corrected chi connectivity index (χ2v) is 19.1. The van der Waals surface area contributed by atoms with Gasteiger partial charge in [0.05, 0.1) is 19.8 Å². The lowest BCUT2D eigenvalue weighted by Gasteiger charge is -2.21. The molecule has 0 rings (SSSR count). The maximum absolute atomic E-state index is 12.9. The van der Waals surface area contributed by atoms with Gasteiger partial charge >= 0.3 is 25.7 Å². The van der Waals surface area contributed by atoms with E-state index in [-0.39, 0.29) is 25.9 Å². The monoisotopic (exact) mass is 1000 g/mol. The van der Waals surface area contributed by atoms with Crippen LogP contribution in [0.2, 0.25) is 0 Å². The first-order chi connectivity index (χ1) is 34.2. The van der Waals surface area contributed by atoms with Crippen LogP contribution >= 0.6 is 7.82 Å². The number of aliphatic hydroxyl groups is 1. The Hall–Kier alpha value is -3.60. The SMILES string of the molecule is CC/C=C\C/C=C\C/C=C\C/C=C\CCCCC(=O)OC(CO)COP(=O)(O)OCC(COC(=O)CCCCCCC/C=C\CCCC)OC(=O)CCCCCCCCC/C=C\C/C=C\C/C=C\CC. The first-order valence-electron chi connectivity index (χ1n) is 27.1. The molecule has 0 bridgehead atoms. The van der Waals surface area contributed by atoms with Crippen LogP contribution in [0.5, 0.6) is 0 Å². The standard InChI is InChI=1S/C58H97O11P/c1-4-7-10-13-16-19-22-24-26-27-29-31-34-37-40-43-46-49-58(62)69-55(51-65-56(60)47-44-41-38-35-32-21-18-15-12-9-6-3)53-67-70(63,64)66-52-54(50-59)68-57(61)48-45-42-39-36-33-30-28-25-23-20-17-14-11-8-5-2/h7-8,10-11,15-20,24-26,28,33,36,54-55,59H,4-6,9,12-14,21-23,27,29-32,34-35,37-53H2,1-3H3,(H,63,64)/b10-7-,11-8-,18-15-,19-16-,20-17-,26-24-,28-25-,36-33-. The van der Waals surface area contributed by atoms with Crippen molar-refractivity contribution in [2.45, 2.75) is 226 Å². The fourth-order valence-corrected chi connectivity index (χ4v) is 7.65. The van der Waals surface area contributed by atoms with Crippen molar-refractivity contribution >= 4 is 25.7 Å². The molecule has 0 aliphatic heterocycles. The molecular formula is C58H97O11P. The average molecular weight is 1000 g/mol. The molecule has 0 aliphatic carbocycles. The predicted octanol–water partition coefficient (Wildman–Crippen LogP) is 15.7. The molecular weight excluding hydrogens is 904 g/mol. The summed E-state index contributed by atoms with van der Waals surface area (Å²) in [5, 5.41) is 9.79. The number of unbranched alkanes of at least 4 members (excludes halogenated alkanes) is 16. The summed E-state index contributed by atoms with van der Waals surface area (Å²) in [7, 11) is -4.76. The summed E-state index contributed by atoms with van der Waals surface area (Å²) >= 11 is 0. The molecule has 0 saturated heterocycles. The topological polar surface area (TPSA) is 155 Å². The number of aliphatic hydroxyl groups excluding tert-OH is 1. The normalized spacial score (nSPS) is 14.2. The van der Waals surface area contributed by atoms with E-state index in [0.717, 1.165) is 135 Å². The fraction of sp³-hybridized carbons (Fsp3) is 0.672. The lowest BCUT2D eigenvalue weighted by molar-refractivity contribution is -0.161. The molecule has 0 saturated carbocycles. The van der Waals surface area contributed by atoms with Crippen molar-refractivity contribution in [2.75, 3.05) is 26.4 Å². The van der Waals surface area contributed by atoms with Crippen molar-refractivity contribution in [2.24, 2.45) is 0 Å². The van der Waals surface area contributed by atoms with E-state index >= 15 is 0 Å². The highest BCUT2D eigenvalue weighted by atomic mass is 31.2. The average Bonchev–Trinajstić information content (AvgIpc) is 3.35. The second kappa shape index (κ2) is 51.7. The van der Waals surface area contributed by atoms with Crippen LogP contribution in [0.3, 0.4) is 0 Å². The number of hydrogen-bond acceptors (Lipinski definition) is 10. The third kappa shape index (κ3) is 49.4. The summed E-state index contributed by atoms with van der Waals surface area (Å²) in [6.45, 7) is 4.29. The molecule has 400 valence electrons.